The van der Waals surface area contributed by atoms with Gasteiger partial charge in [-0.1, -0.05) is 49.1 Å². The van der Waals surface area contributed by atoms with Gasteiger partial charge in [-0.25, -0.2) is 8.42 Å². The van der Waals surface area contributed by atoms with Crippen molar-refractivity contribution in [3.05, 3.63) is 59.1 Å². The molecular weight excluding hydrogens is 526 g/mol. The minimum Gasteiger partial charge on any atom is -0.497 e. The minimum absolute atomic E-state index is 0.0771. The highest BCUT2D eigenvalue weighted by Crippen LogP contribution is 2.24. The van der Waals surface area contributed by atoms with Crippen LogP contribution in [0, 0.1) is 0 Å². The van der Waals surface area contributed by atoms with Gasteiger partial charge in [0, 0.05) is 30.6 Å². The summed E-state index contributed by atoms with van der Waals surface area (Å²) < 4.78 is 31.4. The summed E-state index contributed by atoms with van der Waals surface area (Å²) in [6.45, 7) is 2.04. The van der Waals surface area contributed by atoms with Crippen molar-refractivity contribution in [2.45, 2.75) is 70.5 Å². The van der Waals surface area contributed by atoms with Gasteiger partial charge in [-0.2, -0.15) is 0 Å². The summed E-state index contributed by atoms with van der Waals surface area (Å²) >= 11 is 6.38. The summed E-state index contributed by atoms with van der Waals surface area (Å²) in [4.78, 5) is 28.2. The maximum Gasteiger partial charge on any atom is 0.242 e. The lowest BCUT2D eigenvalue weighted by molar-refractivity contribution is -0.141. The highest BCUT2D eigenvalue weighted by molar-refractivity contribution is 7.92. The number of nitrogens with zero attached hydrogens (tertiary/aromatic N) is 2. The largest absolute Gasteiger partial charge is 0.497 e. The van der Waals surface area contributed by atoms with E-state index in [-0.39, 0.29) is 43.8 Å². The van der Waals surface area contributed by atoms with E-state index in [1.165, 1.54) is 15.6 Å². The second kappa shape index (κ2) is 13.8. The molecule has 2 aromatic rings. The van der Waals surface area contributed by atoms with E-state index >= 15 is 0 Å². The second-order valence-corrected chi connectivity index (χ2v) is 12.1. The quantitative estimate of drug-likeness (QED) is 0.401. The molecule has 1 aliphatic rings. The van der Waals surface area contributed by atoms with E-state index in [0.717, 1.165) is 37.5 Å². The molecule has 1 fully saturated rings. The van der Waals surface area contributed by atoms with Crippen LogP contribution in [-0.2, 0) is 26.2 Å². The molecule has 2 aromatic carbocycles. The molecule has 1 atom stereocenters. The third kappa shape index (κ3) is 8.36. The van der Waals surface area contributed by atoms with Gasteiger partial charge in [0.05, 0.1) is 19.1 Å². The summed E-state index contributed by atoms with van der Waals surface area (Å²) in [6, 6.07) is 13.4. The Bertz CT molecular complexity index is 1180. The lowest BCUT2D eigenvalue weighted by atomic mass is 9.95. The molecule has 0 aliphatic heterocycles. The van der Waals surface area contributed by atoms with Crippen molar-refractivity contribution >= 4 is 39.1 Å². The van der Waals surface area contributed by atoms with E-state index < -0.39 is 16.1 Å². The van der Waals surface area contributed by atoms with E-state index in [4.69, 9.17) is 16.3 Å². The molecule has 0 aromatic heterocycles. The van der Waals surface area contributed by atoms with E-state index in [1.54, 1.807) is 44.4 Å². The van der Waals surface area contributed by atoms with Crippen LogP contribution in [-0.4, -0.2) is 57.1 Å². The summed E-state index contributed by atoms with van der Waals surface area (Å²) in [5, 5.41) is 3.64. The van der Waals surface area contributed by atoms with Gasteiger partial charge < -0.3 is 15.0 Å². The SMILES string of the molecule is COc1ccc(N(CCCC(=O)N(Cc2ccccc2Cl)[C@H](C)C(=O)NC2CCCCC2)S(C)(=O)=O)cc1. The van der Waals surface area contributed by atoms with Crippen molar-refractivity contribution in [1.29, 1.82) is 0 Å². The van der Waals surface area contributed by atoms with Gasteiger partial charge in [0.2, 0.25) is 21.8 Å². The van der Waals surface area contributed by atoms with Crippen LogP contribution in [0.15, 0.2) is 48.5 Å². The number of sulfonamides is 1. The fourth-order valence-electron chi connectivity index (χ4n) is 4.71. The number of ether oxygens (including phenoxy) is 1. The number of amides is 2. The van der Waals surface area contributed by atoms with Crippen LogP contribution in [0.1, 0.15) is 57.4 Å². The monoisotopic (exact) mass is 563 g/mol. The first-order valence-corrected chi connectivity index (χ1v) is 15.3. The number of anilines is 1. The van der Waals surface area contributed by atoms with Crippen molar-refractivity contribution in [3.8, 4) is 5.75 Å². The molecule has 3 rings (SSSR count). The molecule has 1 aliphatic carbocycles. The van der Waals surface area contributed by atoms with E-state index in [0.29, 0.717) is 16.5 Å². The highest BCUT2D eigenvalue weighted by Gasteiger charge is 2.29. The Morgan fingerprint density at radius 3 is 2.34 bits per heavy atom. The molecule has 208 valence electrons. The topological polar surface area (TPSA) is 96.0 Å². The summed E-state index contributed by atoms with van der Waals surface area (Å²) in [6.07, 6.45) is 6.76. The Kier molecular flexibility index (Phi) is 10.8. The number of nitrogens with one attached hydrogen (secondary N) is 1. The van der Waals surface area contributed by atoms with Crippen molar-refractivity contribution in [2.24, 2.45) is 0 Å². The summed E-state index contributed by atoms with van der Waals surface area (Å²) in [7, 11) is -2.03. The third-order valence-corrected chi connectivity index (χ3v) is 8.49. The van der Waals surface area contributed by atoms with E-state index in [2.05, 4.69) is 5.32 Å². The van der Waals surface area contributed by atoms with Crippen LogP contribution < -0.4 is 14.4 Å². The van der Waals surface area contributed by atoms with Gasteiger partial charge in [-0.3, -0.25) is 13.9 Å². The minimum atomic E-state index is -3.57. The molecule has 1 N–H and O–H groups in total. The molecule has 0 radical (unpaired) electrons. The number of benzene rings is 2. The Balaban J connectivity index is 1.71. The maximum absolute atomic E-state index is 13.5. The Labute approximate surface area is 231 Å². The fourth-order valence-corrected chi connectivity index (χ4v) is 5.87. The average Bonchev–Trinajstić information content (AvgIpc) is 2.90. The van der Waals surface area contributed by atoms with Gasteiger partial charge in [0.25, 0.3) is 0 Å². The van der Waals surface area contributed by atoms with E-state index in [9.17, 15) is 18.0 Å². The highest BCUT2D eigenvalue weighted by atomic mass is 35.5. The first-order valence-electron chi connectivity index (χ1n) is 13.0. The van der Waals surface area contributed by atoms with Crippen LogP contribution in [0.3, 0.4) is 0 Å². The zero-order chi connectivity index (χ0) is 27.7. The van der Waals surface area contributed by atoms with Crippen LogP contribution >= 0.6 is 11.6 Å². The number of methoxy groups -OCH3 is 1. The smallest absolute Gasteiger partial charge is 0.242 e. The normalized spacial score (nSPS) is 14.9. The zero-order valence-electron chi connectivity index (χ0n) is 22.4. The van der Waals surface area contributed by atoms with Crippen LogP contribution in [0.2, 0.25) is 5.02 Å². The summed E-state index contributed by atoms with van der Waals surface area (Å²) in [5.41, 5.74) is 1.24. The molecule has 0 unspecified atom stereocenters. The average molecular weight is 564 g/mol. The fraction of sp³-hybridized carbons (Fsp3) is 0.500. The molecule has 10 heteroatoms. The van der Waals surface area contributed by atoms with Gasteiger partial charge in [-0.05, 0) is 62.1 Å². The lowest BCUT2D eigenvalue weighted by Gasteiger charge is -2.31. The Morgan fingerprint density at radius 1 is 1.08 bits per heavy atom. The molecule has 2 amide bonds. The first-order chi connectivity index (χ1) is 18.1. The van der Waals surface area contributed by atoms with Crippen molar-refractivity contribution < 1.29 is 22.7 Å². The molecular formula is C28H38ClN3O5S. The Morgan fingerprint density at radius 2 is 1.74 bits per heavy atom. The zero-order valence-corrected chi connectivity index (χ0v) is 23.9. The van der Waals surface area contributed by atoms with Crippen molar-refractivity contribution in [1.82, 2.24) is 10.2 Å². The lowest BCUT2D eigenvalue weighted by Crippen LogP contribution is -2.50. The molecule has 38 heavy (non-hydrogen) atoms. The number of hydrogen-bond donors (Lipinski definition) is 1. The first kappa shape index (κ1) is 29.8. The number of carbonyl (C=O) groups is 2. The van der Waals surface area contributed by atoms with Crippen LogP contribution in [0.5, 0.6) is 5.75 Å². The molecule has 0 spiro atoms. The van der Waals surface area contributed by atoms with Crippen molar-refractivity contribution in [3.63, 3.8) is 0 Å². The molecule has 8 nitrogen and oxygen atoms in total. The standard InChI is InChI=1S/C28H38ClN3O5S/c1-21(28(34)30-23-11-5-4-6-12-23)31(20-22-10-7-8-13-26(22)29)27(33)14-9-19-32(38(3,35)36)24-15-17-25(37-2)18-16-24/h7-8,10,13,15-18,21,23H,4-6,9,11-12,14,19-20H2,1-3H3,(H,30,34)/t21-/m1/s1. The second-order valence-electron chi connectivity index (χ2n) is 9.77. The molecule has 0 saturated heterocycles. The van der Waals surface area contributed by atoms with Gasteiger partial charge >= 0.3 is 0 Å². The molecule has 0 bridgehead atoms. The van der Waals surface area contributed by atoms with Crippen LogP contribution in [0.25, 0.3) is 0 Å². The predicted molar refractivity (Wildman–Crippen MR) is 151 cm³/mol. The predicted octanol–water partition coefficient (Wildman–Crippen LogP) is 4.76. The van der Waals surface area contributed by atoms with E-state index in [1.807, 2.05) is 18.2 Å². The number of halogens is 1. The third-order valence-electron chi connectivity index (χ3n) is 6.93. The van der Waals surface area contributed by atoms with Crippen molar-refractivity contribution in [2.75, 3.05) is 24.2 Å². The maximum atomic E-state index is 13.5. The van der Waals surface area contributed by atoms with Gasteiger partial charge in [-0.15, -0.1) is 0 Å². The van der Waals surface area contributed by atoms with Gasteiger partial charge in [0.1, 0.15) is 11.8 Å². The van der Waals surface area contributed by atoms with Crippen LogP contribution in [0.4, 0.5) is 5.69 Å². The molecule has 1 saturated carbocycles. The summed E-state index contributed by atoms with van der Waals surface area (Å²) in [5.74, 6) is 0.195. The number of carbonyl (C=O) groups excluding carboxylic acids is 2. The van der Waals surface area contributed by atoms with Gasteiger partial charge in [0.15, 0.2) is 0 Å². The number of hydrogen-bond acceptors (Lipinski definition) is 5. The molecule has 0 heterocycles. The number of rotatable bonds is 12. The Hall–Kier alpha value is -2.78.